The van der Waals surface area contributed by atoms with E-state index >= 15 is 0 Å². The fourth-order valence-electron chi connectivity index (χ4n) is 4.13. The Labute approximate surface area is 210 Å². The van der Waals surface area contributed by atoms with Gasteiger partial charge in [0.1, 0.15) is 17.3 Å². The van der Waals surface area contributed by atoms with E-state index in [-0.39, 0.29) is 5.91 Å². The zero-order valence-electron chi connectivity index (χ0n) is 20.5. The molecule has 2 aromatic heterocycles. The lowest BCUT2D eigenvalue weighted by Crippen LogP contribution is -2.36. The van der Waals surface area contributed by atoms with Crippen LogP contribution in [0.5, 0.6) is 5.75 Å². The number of morpholine rings is 1. The van der Waals surface area contributed by atoms with Gasteiger partial charge in [-0.05, 0) is 42.8 Å². The van der Waals surface area contributed by atoms with Crippen molar-refractivity contribution in [1.82, 2.24) is 20.1 Å². The lowest BCUT2D eigenvalue weighted by molar-refractivity contribution is 0.0951. The van der Waals surface area contributed by atoms with Gasteiger partial charge < -0.3 is 19.7 Å². The summed E-state index contributed by atoms with van der Waals surface area (Å²) in [6.45, 7) is 5.50. The zero-order chi connectivity index (χ0) is 24.9. The molecule has 1 amide bonds. The first-order chi connectivity index (χ1) is 17.6. The van der Waals surface area contributed by atoms with Crippen molar-refractivity contribution in [3.8, 4) is 22.7 Å². The number of amides is 1. The van der Waals surface area contributed by atoms with Crippen LogP contribution in [0.2, 0.25) is 0 Å². The van der Waals surface area contributed by atoms with E-state index in [0.29, 0.717) is 36.8 Å². The summed E-state index contributed by atoms with van der Waals surface area (Å²) in [7, 11) is 1.62. The van der Waals surface area contributed by atoms with Crippen LogP contribution in [-0.4, -0.2) is 54.1 Å². The van der Waals surface area contributed by atoms with Crippen LogP contribution in [0.1, 0.15) is 21.5 Å². The van der Waals surface area contributed by atoms with Crippen molar-refractivity contribution in [1.29, 1.82) is 0 Å². The second kappa shape index (κ2) is 10.6. The van der Waals surface area contributed by atoms with E-state index in [2.05, 4.69) is 15.2 Å². The number of anilines is 1. The summed E-state index contributed by atoms with van der Waals surface area (Å²) >= 11 is 0. The third-order valence-corrected chi connectivity index (χ3v) is 6.20. The normalized spacial score (nSPS) is 13.4. The van der Waals surface area contributed by atoms with Crippen molar-refractivity contribution in [3.63, 3.8) is 0 Å². The lowest BCUT2D eigenvalue weighted by atomic mass is 10.1. The van der Waals surface area contributed by atoms with Crippen LogP contribution in [0.15, 0.2) is 73.1 Å². The van der Waals surface area contributed by atoms with Gasteiger partial charge in [-0.3, -0.25) is 4.79 Å². The predicted octanol–water partition coefficient (Wildman–Crippen LogP) is 4.02. The van der Waals surface area contributed by atoms with E-state index in [4.69, 9.17) is 14.6 Å². The monoisotopic (exact) mass is 483 g/mol. The molecular weight excluding hydrogens is 454 g/mol. The maximum absolute atomic E-state index is 13.3. The molecule has 1 aliphatic rings. The van der Waals surface area contributed by atoms with Gasteiger partial charge in [-0.15, -0.1) is 0 Å². The van der Waals surface area contributed by atoms with Gasteiger partial charge in [0.05, 0.1) is 31.6 Å². The van der Waals surface area contributed by atoms with Crippen LogP contribution in [0, 0.1) is 6.92 Å². The van der Waals surface area contributed by atoms with Crippen LogP contribution < -0.4 is 15.0 Å². The van der Waals surface area contributed by atoms with E-state index in [1.54, 1.807) is 18.0 Å². The molecule has 1 fully saturated rings. The first-order valence-electron chi connectivity index (χ1n) is 12.0. The number of carbonyl (C=O) groups excluding carboxylic acids is 1. The Balaban J connectivity index is 1.37. The first-order valence-corrected chi connectivity index (χ1v) is 12.0. The number of ether oxygens (including phenoxy) is 2. The van der Waals surface area contributed by atoms with Crippen molar-refractivity contribution in [3.05, 3.63) is 89.7 Å². The van der Waals surface area contributed by atoms with Crippen molar-refractivity contribution in [2.24, 2.45) is 0 Å². The van der Waals surface area contributed by atoms with Gasteiger partial charge in [-0.2, -0.15) is 5.10 Å². The molecule has 5 rings (SSSR count). The molecule has 8 nitrogen and oxygen atoms in total. The maximum Gasteiger partial charge on any atom is 0.255 e. The molecule has 0 spiro atoms. The summed E-state index contributed by atoms with van der Waals surface area (Å²) in [6.07, 6.45) is 3.58. The maximum atomic E-state index is 13.3. The molecule has 0 aliphatic carbocycles. The highest BCUT2D eigenvalue weighted by Crippen LogP contribution is 2.27. The van der Waals surface area contributed by atoms with Crippen LogP contribution in [-0.2, 0) is 11.3 Å². The molecule has 36 heavy (non-hydrogen) atoms. The molecule has 1 N–H and O–H groups in total. The summed E-state index contributed by atoms with van der Waals surface area (Å²) in [4.78, 5) is 20.1. The molecule has 184 valence electrons. The molecule has 1 saturated heterocycles. The number of aryl methyl sites for hydroxylation is 1. The van der Waals surface area contributed by atoms with Crippen molar-refractivity contribution >= 4 is 11.7 Å². The van der Waals surface area contributed by atoms with Crippen LogP contribution in [0.4, 0.5) is 5.82 Å². The molecule has 2 aromatic carbocycles. The largest absolute Gasteiger partial charge is 0.497 e. The number of methoxy groups -OCH3 is 1. The predicted molar refractivity (Wildman–Crippen MR) is 139 cm³/mol. The van der Waals surface area contributed by atoms with E-state index in [1.807, 2.05) is 73.8 Å². The Kier molecular flexibility index (Phi) is 6.95. The van der Waals surface area contributed by atoms with E-state index in [0.717, 1.165) is 41.3 Å². The molecular formula is C28H29N5O3. The van der Waals surface area contributed by atoms with Crippen molar-refractivity contribution in [2.45, 2.75) is 13.5 Å². The molecule has 4 aromatic rings. The summed E-state index contributed by atoms with van der Waals surface area (Å²) in [5, 5.41) is 7.80. The topological polar surface area (TPSA) is 81.5 Å². The Morgan fingerprint density at radius 1 is 1.08 bits per heavy atom. The molecule has 8 heteroatoms. The standard InChI is InChI=1S/C28H29N5O3/c1-20-6-9-23(10-7-20)33-19-25(27(31-33)22-4-3-5-24(16-22)35-2)28(34)30-18-21-8-11-26(29-17-21)32-12-14-36-15-13-32/h3-11,16-17,19H,12-15,18H2,1-2H3,(H,30,34). The van der Waals surface area contributed by atoms with Gasteiger partial charge in [-0.25, -0.2) is 9.67 Å². The van der Waals surface area contributed by atoms with Gasteiger partial charge in [0.2, 0.25) is 0 Å². The Hall–Kier alpha value is -4.17. The molecule has 1 aliphatic heterocycles. The highest BCUT2D eigenvalue weighted by molar-refractivity contribution is 6.00. The molecule has 0 atom stereocenters. The lowest BCUT2D eigenvalue weighted by Gasteiger charge is -2.27. The molecule has 0 bridgehead atoms. The molecule has 0 unspecified atom stereocenters. The SMILES string of the molecule is COc1cccc(-c2nn(-c3ccc(C)cc3)cc2C(=O)NCc2ccc(N3CCOCC3)nc2)c1. The Morgan fingerprint density at radius 3 is 2.61 bits per heavy atom. The minimum Gasteiger partial charge on any atom is -0.497 e. The number of nitrogens with zero attached hydrogens (tertiary/aromatic N) is 4. The smallest absolute Gasteiger partial charge is 0.255 e. The van der Waals surface area contributed by atoms with Gasteiger partial charge >= 0.3 is 0 Å². The number of hydrogen-bond acceptors (Lipinski definition) is 6. The van der Waals surface area contributed by atoms with E-state index in [9.17, 15) is 4.79 Å². The molecule has 0 saturated carbocycles. The number of pyridine rings is 1. The number of rotatable bonds is 7. The van der Waals surface area contributed by atoms with E-state index < -0.39 is 0 Å². The zero-order valence-corrected chi connectivity index (χ0v) is 20.5. The minimum atomic E-state index is -0.205. The van der Waals surface area contributed by atoms with Gasteiger partial charge in [0.15, 0.2) is 0 Å². The van der Waals surface area contributed by atoms with Crippen molar-refractivity contribution < 1.29 is 14.3 Å². The summed E-state index contributed by atoms with van der Waals surface area (Å²) in [6, 6.07) is 19.6. The van der Waals surface area contributed by atoms with Crippen LogP contribution in [0.3, 0.4) is 0 Å². The van der Waals surface area contributed by atoms with Gasteiger partial charge in [0, 0.05) is 37.6 Å². The highest BCUT2D eigenvalue weighted by Gasteiger charge is 2.19. The average molecular weight is 484 g/mol. The third-order valence-electron chi connectivity index (χ3n) is 6.20. The number of benzene rings is 2. The fourth-order valence-corrected chi connectivity index (χ4v) is 4.13. The number of aromatic nitrogens is 3. The third kappa shape index (κ3) is 5.23. The van der Waals surface area contributed by atoms with Crippen molar-refractivity contribution in [2.75, 3.05) is 38.3 Å². The second-order valence-corrected chi connectivity index (χ2v) is 8.71. The molecule has 3 heterocycles. The summed E-state index contributed by atoms with van der Waals surface area (Å²) in [5.41, 5.74) is 4.85. The quantitative estimate of drug-likeness (QED) is 0.428. The highest BCUT2D eigenvalue weighted by atomic mass is 16.5. The molecule has 0 radical (unpaired) electrons. The van der Waals surface area contributed by atoms with Crippen LogP contribution >= 0.6 is 0 Å². The Morgan fingerprint density at radius 2 is 1.89 bits per heavy atom. The number of carbonyl (C=O) groups is 1. The van der Waals surface area contributed by atoms with E-state index in [1.165, 1.54) is 0 Å². The first kappa shape index (κ1) is 23.6. The number of nitrogens with one attached hydrogen (secondary N) is 1. The van der Waals surface area contributed by atoms with Gasteiger partial charge in [0.25, 0.3) is 5.91 Å². The fraction of sp³-hybridized carbons (Fsp3) is 0.250. The summed E-state index contributed by atoms with van der Waals surface area (Å²) in [5.74, 6) is 1.42. The van der Waals surface area contributed by atoms with Gasteiger partial charge in [-0.1, -0.05) is 35.9 Å². The number of hydrogen-bond donors (Lipinski definition) is 1. The second-order valence-electron chi connectivity index (χ2n) is 8.71. The summed E-state index contributed by atoms with van der Waals surface area (Å²) < 4.78 is 12.5. The Bertz CT molecular complexity index is 1330. The minimum absolute atomic E-state index is 0.205. The average Bonchev–Trinajstić information content (AvgIpc) is 3.39. The van der Waals surface area contributed by atoms with Crippen LogP contribution in [0.25, 0.3) is 16.9 Å².